The Morgan fingerprint density at radius 1 is 0.200 bits per heavy atom. The molecule has 0 fully saturated rings. The van der Waals surface area contributed by atoms with Crippen molar-refractivity contribution in [1.29, 1.82) is 0 Å². The quantitative estimate of drug-likeness (QED) is 0.0397. The van der Waals surface area contributed by atoms with Crippen LogP contribution in [-0.4, -0.2) is 29.9 Å². The van der Waals surface area contributed by atoms with E-state index in [1.165, 1.54) is 100 Å². The molecule has 0 aliphatic rings. The number of aryl methyl sites for hydroxylation is 18. The summed E-state index contributed by atoms with van der Waals surface area (Å²) in [5.41, 5.74) is 36.1. The molecule has 0 amide bonds. The summed E-state index contributed by atoms with van der Waals surface area (Å²) >= 11 is 0. The minimum atomic E-state index is 0. The first kappa shape index (κ1) is 74.0. The van der Waals surface area contributed by atoms with Crippen molar-refractivity contribution in [3.63, 3.8) is 0 Å². The van der Waals surface area contributed by atoms with E-state index in [2.05, 4.69) is 326 Å². The maximum atomic E-state index is 4.61. The molecule has 14 aromatic rings. The molecular weight excluding hydrogens is 1450 g/mol. The number of hydrogen-bond donors (Lipinski definition) is 0. The van der Waals surface area contributed by atoms with Gasteiger partial charge in [-0.05, 0) is 224 Å². The summed E-state index contributed by atoms with van der Waals surface area (Å²) < 4.78 is 0. The molecule has 0 saturated heterocycles. The first-order chi connectivity index (χ1) is 50.9. The predicted octanol–water partition coefficient (Wildman–Crippen LogP) is 22.5. The summed E-state index contributed by atoms with van der Waals surface area (Å²) in [5.74, 6) is 0. The molecule has 6 nitrogen and oxygen atoms in total. The van der Waals surface area contributed by atoms with Crippen LogP contribution in [0.1, 0.15) is 113 Å². The van der Waals surface area contributed by atoms with Crippen molar-refractivity contribution in [2.75, 3.05) is 0 Å². The molecule has 522 valence electrons. The van der Waals surface area contributed by atoms with E-state index in [-0.39, 0.29) is 20.1 Å². The monoisotopic (exact) mass is 1540 g/mol. The molecule has 6 heterocycles. The summed E-state index contributed by atoms with van der Waals surface area (Å²) in [4.78, 5) is 27.5. The van der Waals surface area contributed by atoms with Crippen LogP contribution in [0.15, 0.2) is 274 Å². The van der Waals surface area contributed by atoms with E-state index in [0.29, 0.717) is 0 Å². The van der Waals surface area contributed by atoms with Gasteiger partial charge in [0.25, 0.3) is 0 Å². The van der Waals surface area contributed by atoms with E-state index in [4.69, 9.17) is 0 Å². The molecule has 0 N–H and O–H groups in total. The Morgan fingerprint density at radius 2 is 0.400 bits per heavy atom. The Balaban J connectivity index is 0.000000195. The molecule has 105 heavy (non-hydrogen) atoms. The third kappa shape index (κ3) is 21.7. The number of rotatable bonds is 26. The zero-order valence-corrected chi connectivity index (χ0v) is 63.8. The smallest absolute Gasteiger partial charge is 0.304 e. The second-order valence-corrected chi connectivity index (χ2v) is 28.3. The topological polar surface area (TPSA) is 77.3 Å². The van der Waals surface area contributed by atoms with Crippen LogP contribution in [0.2, 0.25) is 0 Å². The second kappa shape index (κ2) is 36.6. The van der Waals surface area contributed by atoms with Crippen molar-refractivity contribution in [3.8, 4) is 67.5 Å². The fourth-order valence-corrected chi connectivity index (χ4v) is 13.3. The molecule has 7 heteroatoms. The Morgan fingerprint density at radius 3 is 0.629 bits per heavy atom. The number of nitrogens with zero attached hydrogens (tertiary/aromatic N) is 6. The molecule has 0 aliphatic carbocycles. The first-order valence-electron chi connectivity index (χ1n) is 37.0. The molecule has 8 aromatic carbocycles. The standard InChI is InChI=1S/C50H46N3.C48H45N3.Ir/c1-36-8-27-48(51-33-36)45-21-15-39(16-22-45)6-4-5-7-42-30-43(13-11-40-17-23-46(24-18-40)49-28-9-37(2)34-52-49)32-44(31-42)14-12-41-19-25-47(26-20-41)50-29-10-38(3)35-53-50;1-34-4-25-46(49-31-34)43-19-13-37(14-20-43)7-10-40-28-41(11-8-38-15-21-44(22-16-38)47-26-5-35(2)32-50-47)30-42(29-40)12-9-39-17-23-45(24-18-39)48-27-6-36(3)33-51-48;/h8-10,15-21,23,25,27-35H,4-7,11-14H2,1-3H3;4-6,13-33H,7-12H2,1-3H3;/q-3;;+3. The van der Waals surface area contributed by atoms with Crippen molar-refractivity contribution in [2.45, 2.75) is 131 Å². The number of pyridine rings is 6. The van der Waals surface area contributed by atoms with Gasteiger partial charge in [0.05, 0.1) is 17.1 Å². The van der Waals surface area contributed by atoms with Gasteiger partial charge in [0, 0.05) is 53.9 Å². The van der Waals surface area contributed by atoms with Gasteiger partial charge in [0.15, 0.2) is 0 Å². The van der Waals surface area contributed by atoms with Gasteiger partial charge < -0.3 is 15.0 Å². The third-order valence-corrected chi connectivity index (χ3v) is 19.6. The van der Waals surface area contributed by atoms with Gasteiger partial charge >= 0.3 is 20.1 Å². The second-order valence-electron chi connectivity index (χ2n) is 28.3. The Labute approximate surface area is 636 Å². The Kier molecular flexibility index (Phi) is 25.8. The molecule has 0 radical (unpaired) electrons. The van der Waals surface area contributed by atoms with Gasteiger partial charge in [-0.25, -0.2) is 0 Å². The minimum absolute atomic E-state index is 0. The van der Waals surface area contributed by atoms with Gasteiger partial charge in [0.1, 0.15) is 0 Å². The zero-order chi connectivity index (χ0) is 71.4. The van der Waals surface area contributed by atoms with E-state index in [1.54, 1.807) is 0 Å². The molecule has 14 rings (SSSR count). The summed E-state index contributed by atoms with van der Waals surface area (Å²) in [6.07, 6.45) is 26.0. The van der Waals surface area contributed by atoms with E-state index in [0.717, 1.165) is 157 Å². The molecule has 6 aromatic heterocycles. The zero-order valence-electron chi connectivity index (χ0n) is 61.4. The molecule has 0 spiro atoms. The summed E-state index contributed by atoms with van der Waals surface area (Å²) in [6, 6.07) is 96.5. The van der Waals surface area contributed by atoms with Gasteiger partial charge in [-0.3, -0.25) is 15.0 Å². The molecule has 0 unspecified atom stereocenters. The van der Waals surface area contributed by atoms with Crippen molar-refractivity contribution in [1.82, 2.24) is 29.9 Å². The van der Waals surface area contributed by atoms with Gasteiger partial charge in [-0.2, -0.15) is 0 Å². The van der Waals surface area contributed by atoms with Crippen LogP contribution >= 0.6 is 0 Å². The van der Waals surface area contributed by atoms with Crippen LogP contribution in [0.25, 0.3) is 67.5 Å². The third-order valence-electron chi connectivity index (χ3n) is 19.6. The first-order valence-corrected chi connectivity index (χ1v) is 37.0. The van der Waals surface area contributed by atoms with Crippen LogP contribution in [0.3, 0.4) is 0 Å². The van der Waals surface area contributed by atoms with E-state index >= 15 is 0 Å². The van der Waals surface area contributed by atoms with Crippen LogP contribution in [0.5, 0.6) is 0 Å². The molecule has 0 bridgehead atoms. The van der Waals surface area contributed by atoms with Crippen molar-refractivity contribution in [2.24, 2.45) is 0 Å². The van der Waals surface area contributed by atoms with Gasteiger partial charge in [-0.1, -0.05) is 189 Å². The molecule has 0 atom stereocenters. The van der Waals surface area contributed by atoms with E-state index < -0.39 is 0 Å². The van der Waals surface area contributed by atoms with Crippen LogP contribution in [0.4, 0.5) is 0 Å². The number of aromatic nitrogens is 6. The van der Waals surface area contributed by atoms with Crippen LogP contribution in [-0.2, 0) is 97.2 Å². The fourth-order valence-electron chi connectivity index (χ4n) is 13.3. The largest absolute Gasteiger partial charge is 3.00 e. The summed E-state index contributed by atoms with van der Waals surface area (Å²) in [5, 5.41) is 0. The normalized spacial score (nSPS) is 11.0. The number of hydrogen-bond acceptors (Lipinski definition) is 6. The minimum Gasteiger partial charge on any atom is -0.304 e. The number of benzene rings is 8. The van der Waals surface area contributed by atoms with E-state index in [1.807, 2.05) is 37.2 Å². The van der Waals surface area contributed by atoms with Crippen molar-refractivity contribution >= 4 is 0 Å². The Hall–Kier alpha value is -10.7. The molecule has 0 aliphatic heterocycles. The Bertz CT molecular complexity index is 4640. The van der Waals surface area contributed by atoms with Crippen LogP contribution in [0, 0.1) is 59.7 Å². The fraction of sp³-hybridized carbons (Fsp3) is 0.204. The number of unbranched alkanes of at least 4 members (excludes halogenated alkanes) is 1. The SMILES string of the molecule is Cc1ccc(-c2[c-]cc(CCCCc3cc(CCc4c[c-]c(-c5ccc(C)cn5)cc4)cc(CCc4c[c-]c(-c5ccc(C)cn5)cc4)c3)cc2)nc1.Cc1ccc(-c2ccc(CCc3cc(CCc4ccc(-c5ccc(C)cn5)cc4)cc(CCc4ccc(-c5ccc(C)cn5)cc4)c3)cc2)nc1.[Ir+3]. The summed E-state index contributed by atoms with van der Waals surface area (Å²) in [7, 11) is 0. The van der Waals surface area contributed by atoms with Crippen molar-refractivity contribution in [3.05, 3.63) is 392 Å². The maximum Gasteiger partial charge on any atom is 3.00 e. The average molecular weight is 1550 g/mol. The summed E-state index contributed by atoms with van der Waals surface area (Å²) in [6.45, 7) is 12.4. The predicted molar refractivity (Wildman–Crippen MR) is 430 cm³/mol. The van der Waals surface area contributed by atoms with Gasteiger partial charge in [0.2, 0.25) is 0 Å². The molecule has 0 saturated carbocycles. The maximum absolute atomic E-state index is 4.61. The van der Waals surface area contributed by atoms with Gasteiger partial charge in [-0.15, -0.1) is 106 Å². The van der Waals surface area contributed by atoms with Crippen LogP contribution < -0.4 is 0 Å². The molecular formula is C98H91IrN6. The van der Waals surface area contributed by atoms with E-state index in [9.17, 15) is 0 Å². The average Bonchev–Trinajstić information content (AvgIpc) is 0.868. The van der Waals surface area contributed by atoms with Crippen molar-refractivity contribution < 1.29 is 20.1 Å².